The second-order valence-corrected chi connectivity index (χ2v) is 7.73. The Morgan fingerprint density at radius 1 is 1.43 bits per heavy atom. The summed E-state index contributed by atoms with van der Waals surface area (Å²) in [4.78, 5) is 9.83. The number of piperidine rings is 1. The third-order valence-corrected chi connectivity index (χ3v) is 6.10. The molecule has 1 aromatic rings. The number of nitrogens with two attached hydrogens (primary N) is 1. The molecule has 128 valence electrons. The summed E-state index contributed by atoms with van der Waals surface area (Å²) in [5, 5.41) is 11.0. The topological polar surface area (TPSA) is 107 Å². The van der Waals surface area contributed by atoms with Crippen molar-refractivity contribution in [3.63, 3.8) is 0 Å². The lowest BCUT2D eigenvalue weighted by molar-refractivity contribution is -0.385. The largest absolute Gasteiger partial charge is 0.326 e. The van der Waals surface area contributed by atoms with E-state index in [0.29, 0.717) is 12.8 Å². The fourth-order valence-corrected chi connectivity index (χ4v) is 4.68. The Labute approximate surface area is 134 Å². The van der Waals surface area contributed by atoms with Crippen molar-refractivity contribution < 1.29 is 17.7 Å². The Morgan fingerprint density at radius 3 is 2.65 bits per heavy atom. The molecule has 1 heterocycles. The van der Waals surface area contributed by atoms with Crippen LogP contribution in [0.25, 0.3) is 0 Å². The Hall–Kier alpha value is -1.58. The summed E-state index contributed by atoms with van der Waals surface area (Å²) in [5.41, 5.74) is 5.15. The molecule has 9 heteroatoms. The van der Waals surface area contributed by atoms with Crippen molar-refractivity contribution in [1.82, 2.24) is 4.31 Å². The van der Waals surface area contributed by atoms with Crippen LogP contribution in [0.15, 0.2) is 17.0 Å². The predicted molar refractivity (Wildman–Crippen MR) is 83.0 cm³/mol. The Morgan fingerprint density at radius 2 is 2.09 bits per heavy atom. The van der Waals surface area contributed by atoms with E-state index < -0.39 is 37.4 Å². The monoisotopic (exact) mass is 345 g/mol. The second-order valence-electron chi connectivity index (χ2n) is 5.84. The molecule has 1 fully saturated rings. The first-order valence-corrected chi connectivity index (χ1v) is 8.82. The summed E-state index contributed by atoms with van der Waals surface area (Å²) < 4.78 is 40.8. The third kappa shape index (κ3) is 3.36. The maximum absolute atomic E-state index is 13.9. The maximum Gasteiger partial charge on any atom is 0.276 e. The van der Waals surface area contributed by atoms with Gasteiger partial charge in [0.25, 0.3) is 5.69 Å². The van der Waals surface area contributed by atoms with Crippen LogP contribution in [-0.2, 0) is 10.0 Å². The van der Waals surface area contributed by atoms with Crippen molar-refractivity contribution in [2.75, 3.05) is 6.54 Å². The molecule has 0 amide bonds. The molecule has 1 saturated heterocycles. The first-order chi connectivity index (χ1) is 10.7. The van der Waals surface area contributed by atoms with E-state index in [0.717, 1.165) is 18.6 Å². The van der Waals surface area contributed by atoms with Gasteiger partial charge in [0, 0.05) is 24.7 Å². The molecule has 23 heavy (non-hydrogen) atoms. The second kappa shape index (κ2) is 6.50. The first kappa shape index (κ1) is 17.8. The van der Waals surface area contributed by atoms with Gasteiger partial charge in [-0.25, -0.2) is 12.8 Å². The van der Waals surface area contributed by atoms with E-state index in [2.05, 4.69) is 0 Å². The highest BCUT2D eigenvalue weighted by molar-refractivity contribution is 7.89. The molecular weight excluding hydrogens is 325 g/mol. The van der Waals surface area contributed by atoms with Crippen molar-refractivity contribution in [1.29, 1.82) is 0 Å². The zero-order valence-electron chi connectivity index (χ0n) is 13.0. The highest BCUT2D eigenvalue weighted by atomic mass is 32.2. The van der Waals surface area contributed by atoms with Crippen LogP contribution in [0, 0.1) is 22.9 Å². The van der Waals surface area contributed by atoms with Gasteiger partial charge in [-0.05, 0) is 32.8 Å². The van der Waals surface area contributed by atoms with Crippen molar-refractivity contribution in [3.8, 4) is 0 Å². The van der Waals surface area contributed by atoms with E-state index in [4.69, 9.17) is 5.73 Å². The number of hydrogen-bond acceptors (Lipinski definition) is 5. The van der Waals surface area contributed by atoms with Gasteiger partial charge in [0.2, 0.25) is 10.0 Å². The van der Waals surface area contributed by atoms with Crippen LogP contribution < -0.4 is 5.73 Å². The lowest BCUT2D eigenvalue weighted by Gasteiger charge is -2.36. The minimum atomic E-state index is -4.04. The number of nitro groups is 1. The summed E-state index contributed by atoms with van der Waals surface area (Å²) in [6.07, 6.45) is 2.16. The van der Waals surface area contributed by atoms with E-state index in [1.807, 2.05) is 0 Å². The molecule has 1 aromatic carbocycles. The lowest BCUT2D eigenvalue weighted by atomic mass is 10.00. The molecule has 0 radical (unpaired) electrons. The number of nitrogens with zero attached hydrogens (tertiary/aromatic N) is 2. The van der Waals surface area contributed by atoms with Gasteiger partial charge in [-0.1, -0.05) is 6.42 Å². The maximum atomic E-state index is 13.9. The highest BCUT2D eigenvalue weighted by Crippen LogP contribution is 2.31. The molecule has 2 unspecified atom stereocenters. The number of sulfonamides is 1. The lowest BCUT2D eigenvalue weighted by Crippen LogP contribution is -2.51. The van der Waals surface area contributed by atoms with Crippen molar-refractivity contribution in [2.45, 2.75) is 50.1 Å². The zero-order chi connectivity index (χ0) is 17.4. The quantitative estimate of drug-likeness (QED) is 0.663. The molecule has 1 aliphatic rings. The fraction of sp³-hybridized carbons (Fsp3) is 0.571. The minimum Gasteiger partial charge on any atom is -0.326 e. The Bertz CT molecular complexity index is 721. The average Bonchev–Trinajstić information content (AvgIpc) is 2.49. The van der Waals surface area contributed by atoms with Crippen molar-refractivity contribution in [3.05, 3.63) is 33.6 Å². The highest BCUT2D eigenvalue weighted by Gasteiger charge is 2.36. The molecule has 7 nitrogen and oxygen atoms in total. The normalized spacial score (nSPS) is 21.1. The summed E-state index contributed by atoms with van der Waals surface area (Å²) in [6.45, 7) is 3.24. The van der Waals surface area contributed by atoms with E-state index in [1.165, 1.54) is 11.2 Å². The molecule has 0 aromatic heterocycles. The molecule has 0 saturated carbocycles. The number of halogens is 1. The Kier molecular flexibility index (Phi) is 5.02. The molecule has 0 aliphatic carbocycles. The van der Waals surface area contributed by atoms with E-state index in [9.17, 15) is 22.9 Å². The van der Waals surface area contributed by atoms with E-state index in [1.54, 1.807) is 6.92 Å². The third-order valence-electron chi connectivity index (χ3n) is 4.20. The molecule has 2 N–H and O–H groups in total. The van der Waals surface area contributed by atoms with Crippen LogP contribution in [-0.4, -0.2) is 36.3 Å². The van der Waals surface area contributed by atoms with Gasteiger partial charge in [-0.3, -0.25) is 10.1 Å². The summed E-state index contributed by atoms with van der Waals surface area (Å²) in [5.74, 6) is -0.910. The number of benzene rings is 1. The van der Waals surface area contributed by atoms with Gasteiger partial charge in [0.05, 0.1) is 15.4 Å². The molecule has 0 bridgehead atoms. The summed E-state index contributed by atoms with van der Waals surface area (Å²) in [7, 11) is -4.04. The minimum absolute atomic E-state index is 0.184. The van der Waals surface area contributed by atoms with Gasteiger partial charge < -0.3 is 5.73 Å². The van der Waals surface area contributed by atoms with Gasteiger partial charge >= 0.3 is 0 Å². The fourth-order valence-electron chi connectivity index (χ4n) is 2.87. The van der Waals surface area contributed by atoms with Crippen LogP contribution in [0.3, 0.4) is 0 Å². The number of rotatable bonds is 4. The van der Waals surface area contributed by atoms with Crippen LogP contribution in [0.2, 0.25) is 0 Å². The molecule has 2 rings (SSSR count). The van der Waals surface area contributed by atoms with Crippen LogP contribution in [0.5, 0.6) is 0 Å². The predicted octanol–water partition coefficient (Wildman–Crippen LogP) is 1.93. The van der Waals surface area contributed by atoms with Gasteiger partial charge in [0.1, 0.15) is 5.82 Å². The molecule has 1 aliphatic heterocycles. The Balaban J connectivity index is 2.53. The van der Waals surface area contributed by atoms with Crippen LogP contribution in [0.1, 0.15) is 31.7 Å². The van der Waals surface area contributed by atoms with Gasteiger partial charge in [-0.15, -0.1) is 0 Å². The van der Waals surface area contributed by atoms with Gasteiger partial charge in [-0.2, -0.15) is 4.31 Å². The van der Waals surface area contributed by atoms with Crippen LogP contribution in [0.4, 0.5) is 10.1 Å². The van der Waals surface area contributed by atoms with E-state index in [-0.39, 0.29) is 18.2 Å². The first-order valence-electron chi connectivity index (χ1n) is 7.38. The molecule has 0 spiro atoms. The SMILES string of the molecule is Cc1c(F)cc(S(=O)(=O)N2CCCCC2C(C)N)cc1[N+](=O)[O-]. The number of hydrogen-bond donors (Lipinski definition) is 1. The average molecular weight is 345 g/mol. The molecule has 2 atom stereocenters. The summed E-state index contributed by atoms with van der Waals surface area (Å²) >= 11 is 0. The standard InChI is InChI=1S/C14H20FN3O4S/c1-9-12(15)7-11(8-14(9)18(19)20)23(21,22)17-6-4-3-5-13(17)10(2)16/h7-8,10,13H,3-6,16H2,1-2H3. The zero-order valence-corrected chi connectivity index (χ0v) is 13.8. The van der Waals surface area contributed by atoms with Gasteiger partial charge in [0.15, 0.2) is 0 Å². The summed E-state index contributed by atoms with van der Waals surface area (Å²) in [6, 6.07) is 0.984. The van der Waals surface area contributed by atoms with Crippen molar-refractivity contribution in [2.24, 2.45) is 5.73 Å². The van der Waals surface area contributed by atoms with Crippen molar-refractivity contribution >= 4 is 15.7 Å². The number of nitro benzene ring substituents is 1. The smallest absolute Gasteiger partial charge is 0.276 e. The van der Waals surface area contributed by atoms with E-state index >= 15 is 0 Å². The molecular formula is C14H20FN3O4S. The van der Waals surface area contributed by atoms with Crippen LogP contribution >= 0.6 is 0 Å².